The molecule has 0 radical (unpaired) electrons. The van der Waals surface area contributed by atoms with Gasteiger partial charge in [-0.25, -0.2) is 0 Å². The zero-order chi connectivity index (χ0) is 25.7. The molecular formula is C32H42Cl2N2O2. The predicted octanol–water partition coefficient (Wildman–Crippen LogP) is 7.94. The number of nitrogens with zero attached hydrogens (tertiary/aromatic N) is 2. The Labute approximate surface area is 240 Å². The summed E-state index contributed by atoms with van der Waals surface area (Å²) in [6.45, 7) is 14.6. The van der Waals surface area contributed by atoms with Gasteiger partial charge in [0.2, 0.25) is 0 Å². The zero-order valence-corrected chi connectivity index (χ0v) is 24.9. The van der Waals surface area contributed by atoms with Crippen LogP contribution in [0.2, 0.25) is 0 Å². The van der Waals surface area contributed by atoms with E-state index >= 15 is 0 Å². The van der Waals surface area contributed by atoms with E-state index in [2.05, 4.69) is 73.9 Å². The molecule has 0 atom stereocenters. The highest BCUT2D eigenvalue weighted by Gasteiger charge is 2.25. The Balaban J connectivity index is 0.00000253. The minimum Gasteiger partial charge on any atom is -0.304 e. The van der Waals surface area contributed by atoms with Gasteiger partial charge in [-0.1, -0.05) is 70.2 Å². The van der Waals surface area contributed by atoms with Crippen LogP contribution in [0.1, 0.15) is 74.1 Å². The number of halogens is 2. The lowest BCUT2D eigenvalue weighted by molar-refractivity contribution is 0.0968. The number of carbonyl (C=O) groups is 2. The standard InChI is InChI=1S/C32H40N2O2.2ClH/c1-5-33(6-2)20-10-14-30(35)23-16-17-24-26-12-9-13-27-25(18-19-28(32(26)27)29(24)22-23)31(36)15-11-21-34(7-3)8-4;;/h9,12-13,16-19,22H,5-8,10-11,14-15,20-21H2,1-4H3;2*1H. The van der Waals surface area contributed by atoms with Crippen LogP contribution in [0.5, 0.6) is 0 Å². The molecule has 4 rings (SSSR count). The van der Waals surface area contributed by atoms with Crippen LogP contribution >= 0.6 is 24.8 Å². The zero-order valence-electron chi connectivity index (χ0n) is 23.2. The molecule has 1 aliphatic rings. The molecule has 38 heavy (non-hydrogen) atoms. The average Bonchev–Trinajstić information content (AvgIpc) is 3.23. The maximum atomic E-state index is 13.2. The molecule has 0 aromatic heterocycles. The number of ketones is 2. The first-order chi connectivity index (χ1) is 17.5. The second-order valence-electron chi connectivity index (χ2n) is 9.76. The summed E-state index contributed by atoms with van der Waals surface area (Å²) >= 11 is 0. The van der Waals surface area contributed by atoms with Gasteiger partial charge in [-0.2, -0.15) is 0 Å². The summed E-state index contributed by atoms with van der Waals surface area (Å²) in [5.74, 6) is 0.419. The van der Waals surface area contributed by atoms with E-state index in [4.69, 9.17) is 0 Å². The second-order valence-corrected chi connectivity index (χ2v) is 9.76. The van der Waals surface area contributed by atoms with E-state index in [1.807, 2.05) is 12.1 Å². The van der Waals surface area contributed by atoms with E-state index < -0.39 is 0 Å². The van der Waals surface area contributed by atoms with Gasteiger partial charge in [0.15, 0.2) is 11.6 Å². The fourth-order valence-electron chi connectivity index (χ4n) is 5.56. The largest absolute Gasteiger partial charge is 0.304 e. The predicted molar refractivity (Wildman–Crippen MR) is 166 cm³/mol. The van der Waals surface area contributed by atoms with Crippen LogP contribution in [-0.2, 0) is 0 Å². The molecule has 0 aliphatic heterocycles. The highest BCUT2D eigenvalue weighted by molar-refractivity contribution is 6.21. The van der Waals surface area contributed by atoms with Gasteiger partial charge >= 0.3 is 0 Å². The van der Waals surface area contributed by atoms with Crippen molar-refractivity contribution in [2.75, 3.05) is 39.3 Å². The number of benzene rings is 3. The quantitative estimate of drug-likeness (QED) is 0.148. The Hall–Kier alpha value is -2.24. The van der Waals surface area contributed by atoms with Gasteiger partial charge in [0, 0.05) is 24.0 Å². The molecule has 0 unspecified atom stereocenters. The lowest BCUT2D eigenvalue weighted by atomic mass is 9.94. The van der Waals surface area contributed by atoms with E-state index in [1.165, 1.54) is 0 Å². The molecule has 0 amide bonds. The van der Waals surface area contributed by atoms with Crippen LogP contribution in [0.4, 0.5) is 0 Å². The minimum atomic E-state index is 0. The van der Waals surface area contributed by atoms with Crippen molar-refractivity contribution < 1.29 is 9.59 Å². The van der Waals surface area contributed by atoms with Crippen LogP contribution in [0.15, 0.2) is 48.5 Å². The molecule has 1 aliphatic carbocycles. The van der Waals surface area contributed by atoms with Crippen LogP contribution in [0.3, 0.4) is 0 Å². The Morgan fingerprint density at radius 1 is 0.632 bits per heavy atom. The van der Waals surface area contributed by atoms with Crippen LogP contribution in [0.25, 0.3) is 33.0 Å². The van der Waals surface area contributed by atoms with Crippen molar-refractivity contribution in [2.24, 2.45) is 0 Å². The summed E-state index contributed by atoms with van der Waals surface area (Å²) in [6, 6.07) is 16.5. The summed E-state index contributed by atoms with van der Waals surface area (Å²) in [5.41, 5.74) is 6.16. The van der Waals surface area contributed by atoms with Gasteiger partial charge in [-0.3, -0.25) is 9.59 Å². The first-order valence-corrected chi connectivity index (χ1v) is 13.7. The lowest BCUT2D eigenvalue weighted by Gasteiger charge is -2.17. The molecule has 0 spiro atoms. The maximum absolute atomic E-state index is 13.2. The van der Waals surface area contributed by atoms with Crippen LogP contribution < -0.4 is 0 Å². The fraction of sp³-hybridized carbons (Fsp3) is 0.438. The number of fused-ring (bicyclic) bond motifs is 3. The Morgan fingerprint density at radius 3 is 1.79 bits per heavy atom. The molecule has 0 heterocycles. The molecule has 0 bridgehead atoms. The molecule has 0 saturated carbocycles. The van der Waals surface area contributed by atoms with Crippen molar-refractivity contribution in [1.82, 2.24) is 9.80 Å². The number of hydrogen-bond acceptors (Lipinski definition) is 4. The molecule has 0 N–H and O–H groups in total. The van der Waals surface area contributed by atoms with Gasteiger partial charge in [0.25, 0.3) is 0 Å². The fourth-order valence-corrected chi connectivity index (χ4v) is 5.56. The Morgan fingerprint density at radius 2 is 1.18 bits per heavy atom. The van der Waals surface area contributed by atoms with Crippen molar-refractivity contribution >= 4 is 47.2 Å². The van der Waals surface area contributed by atoms with E-state index in [0.717, 1.165) is 96.3 Å². The van der Waals surface area contributed by atoms with Gasteiger partial charge < -0.3 is 9.80 Å². The molecule has 4 nitrogen and oxygen atoms in total. The van der Waals surface area contributed by atoms with Crippen molar-refractivity contribution in [3.05, 3.63) is 59.7 Å². The highest BCUT2D eigenvalue weighted by Crippen LogP contribution is 2.48. The third kappa shape index (κ3) is 6.66. The topological polar surface area (TPSA) is 40.6 Å². The summed E-state index contributed by atoms with van der Waals surface area (Å²) in [5, 5.41) is 2.18. The molecule has 0 fully saturated rings. The molecule has 3 aromatic rings. The smallest absolute Gasteiger partial charge is 0.163 e. The number of carbonyl (C=O) groups excluding carboxylic acids is 2. The summed E-state index contributed by atoms with van der Waals surface area (Å²) in [4.78, 5) is 30.9. The number of rotatable bonds is 14. The Bertz CT molecular complexity index is 1250. The Kier molecular flexibility index (Phi) is 12.4. The van der Waals surface area contributed by atoms with E-state index in [-0.39, 0.29) is 36.4 Å². The molecule has 6 heteroatoms. The third-order valence-corrected chi connectivity index (χ3v) is 7.81. The molecular weight excluding hydrogens is 515 g/mol. The molecule has 3 aromatic carbocycles. The lowest BCUT2D eigenvalue weighted by Crippen LogP contribution is -2.24. The number of hydrogen-bond donors (Lipinski definition) is 0. The van der Waals surface area contributed by atoms with Gasteiger partial charge in [-0.15, -0.1) is 24.8 Å². The highest BCUT2D eigenvalue weighted by atomic mass is 35.5. The van der Waals surface area contributed by atoms with Crippen molar-refractivity contribution in [3.8, 4) is 22.3 Å². The van der Waals surface area contributed by atoms with Crippen LogP contribution in [0, 0.1) is 0 Å². The summed E-state index contributed by atoms with van der Waals surface area (Å²) < 4.78 is 0. The van der Waals surface area contributed by atoms with Gasteiger partial charge in [0.1, 0.15) is 0 Å². The second kappa shape index (κ2) is 14.8. The minimum absolute atomic E-state index is 0. The summed E-state index contributed by atoms with van der Waals surface area (Å²) in [7, 11) is 0. The molecule has 206 valence electrons. The van der Waals surface area contributed by atoms with Crippen molar-refractivity contribution in [2.45, 2.75) is 53.4 Å². The van der Waals surface area contributed by atoms with Gasteiger partial charge in [-0.05, 0) is 91.2 Å². The summed E-state index contributed by atoms with van der Waals surface area (Å²) in [6.07, 6.45) is 2.89. The van der Waals surface area contributed by atoms with Crippen molar-refractivity contribution in [3.63, 3.8) is 0 Å². The average molecular weight is 558 g/mol. The monoisotopic (exact) mass is 556 g/mol. The van der Waals surface area contributed by atoms with Gasteiger partial charge in [0.05, 0.1) is 0 Å². The third-order valence-electron chi connectivity index (χ3n) is 7.81. The first-order valence-electron chi connectivity index (χ1n) is 13.7. The van der Waals surface area contributed by atoms with E-state index in [1.54, 1.807) is 0 Å². The van der Waals surface area contributed by atoms with E-state index in [0.29, 0.717) is 12.8 Å². The molecule has 0 saturated heterocycles. The van der Waals surface area contributed by atoms with Crippen LogP contribution in [-0.4, -0.2) is 60.6 Å². The number of Topliss-reactive ketones (excluding diaryl/α,β-unsaturated/α-hetero) is 2. The maximum Gasteiger partial charge on any atom is 0.163 e. The normalized spacial score (nSPS) is 11.4. The SMILES string of the molecule is CCN(CC)CCCC(=O)c1ccc2c(c1)-c1ccc(C(=O)CCCN(CC)CC)c3cccc-2c13.Cl.Cl. The van der Waals surface area contributed by atoms with Crippen molar-refractivity contribution in [1.29, 1.82) is 0 Å². The van der Waals surface area contributed by atoms with E-state index in [9.17, 15) is 9.59 Å². The first kappa shape index (κ1) is 32.0.